The van der Waals surface area contributed by atoms with Gasteiger partial charge >= 0.3 is 0 Å². The zero-order chi connectivity index (χ0) is 23.7. The highest BCUT2D eigenvalue weighted by atomic mass is 35.5. The number of amides is 1. The first-order chi connectivity index (χ1) is 16.4. The van der Waals surface area contributed by atoms with Gasteiger partial charge in [-0.2, -0.15) is 0 Å². The summed E-state index contributed by atoms with van der Waals surface area (Å²) in [5.74, 6) is -0.0627. The molecule has 1 heterocycles. The lowest BCUT2D eigenvalue weighted by Crippen LogP contribution is -2.56. The van der Waals surface area contributed by atoms with Gasteiger partial charge in [0.1, 0.15) is 0 Å². The molecule has 0 saturated heterocycles. The maximum atomic E-state index is 12.7. The zero-order valence-corrected chi connectivity index (χ0v) is 21.8. The highest BCUT2D eigenvalue weighted by Crippen LogP contribution is 2.37. The van der Waals surface area contributed by atoms with Gasteiger partial charge in [-0.3, -0.25) is 9.69 Å². The maximum Gasteiger partial charge on any atom is 0.251 e. The number of benzene rings is 2. The molecular formula is C27H35ClN4O2S. The number of hydrogen-bond donors (Lipinski definition) is 3. The Hall–Kier alpha value is -2.19. The molecule has 0 unspecified atom stereocenters. The first kappa shape index (κ1) is 25.9. The molecule has 0 bridgehead atoms. The molecular weight excluding hydrogens is 480 g/mol. The van der Waals surface area contributed by atoms with Crippen LogP contribution in [0.15, 0.2) is 42.5 Å². The standard InChI is InChI=1S/C27H34N4O2S.ClH/c1-2-12-31(22-9-10-23-24(15-22)34-26(28)30-23)13-11-27(33)16-21(17-27)29-25(32)20-8-7-18-5-3-4-6-19(18)14-20;/h3-8,14,21-22,33H,2,9-13,15-17H2,1H3,(H2,28,30)(H,29,32);1H/t21?,22-,27?;/m0./s1. The van der Waals surface area contributed by atoms with Crippen LogP contribution in [0, 0.1) is 0 Å². The summed E-state index contributed by atoms with van der Waals surface area (Å²) in [6.45, 7) is 4.12. The van der Waals surface area contributed by atoms with Crippen LogP contribution in [0.1, 0.15) is 60.0 Å². The smallest absolute Gasteiger partial charge is 0.251 e. The molecule has 8 heteroatoms. The molecule has 35 heavy (non-hydrogen) atoms. The second-order valence-corrected chi connectivity index (χ2v) is 11.1. The van der Waals surface area contributed by atoms with Crippen molar-refractivity contribution in [2.45, 2.75) is 69.6 Å². The Morgan fingerprint density at radius 2 is 2.00 bits per heavy atom. The summed E-state index contributed by atoms with van der Waals surface area (Å²) in [6.07, 6.45) is 6.16. The lowest BCUT2D eigenvalue weighted by Gasteiger charge is -2.45. The van der Waals surface area contributed by atoms with Crippen LogP contribution in [-0.2, 0) is 12.8 Å². The van der Waals surface area contributed by atoms with E-state index in [2.05, 4.69) is 22.1 Å². The van der Waals surface area contributed by atoms with E-state index in [1.807, 2.05) is 42.5 Å². The molecule has 0 radical (unpaired) electrons. The molecule has 3 aromatic rings. The normalized spacial score (nSPS) is 23.4. The number of hydrogen-bond acceptors (Lipinski definition) is 6. The SMILES string of the molecule is CCCN(CCC1(O)CC(NC(=O)c2ccc3ccccc3c2)C1)[C@H]1CCc2nc(N)sc2C1.Cl. The summed E-state index contributed by atoms with van der Waals surface area (Å²) in [6, 6.07) is 14.4. The number of aromatic nitrogens is 1. The van der Waals surface area contributed by atoms with Crippen molar-refractivity contribution >= 4 is 45.6 Å². The summed E-state index contributed by atoms with van der Waals surface area (Å²) in [7, 11) is 0. The summed E-state index contributed by atoms with van der Waals surface area (Å²) in [5, 5.41) is 17.1. The largest absolute Gasteiger partial charge is 0.390 e. The van der Waals surface area contributed by atoms with E-state index >= 15 is 0 Å². The van der Waals surface area contributed by atoms with Crippen molar-refractivity contribution in [2.24, 2.45) is 0 Å². The van der Waals surface area contributed by atoms with E-state index in [4.69, 9.17) is 5.73 Å². The molecule has 4 N–H and O–H groups in total. The Labute approximate surface area is 217 Å². The van der Waals surface area contributed by atoms with Crippen molar-refractivity contribution in [3.63, 3.8) is 0 Å². The molecule has 0 aliphatic heterocycles. The van der Waals surface area contributed by atoms with Gasteiger partial charge < -0.3 is 16.2 Å². The molecule has 2 aromatic carbocycles. The zero-order valence-electron chi connectivity index (χ0n) is 20.2. The Kier molecular flexibility index (Phi) is 8.01. The van der Waals surface area contributed by atoms with Crippen molar-refractivity contribution in [1.82, 2.24) is 15.2 Å². The predicted molar refractivity (Wildman–Crippen MR) is 145 cm³/mol. The number of nitrogens with one attached hydrogen (secondary N) is 1. The minimum atomic E-state index is -0.692. The molecule has 2 aliphatic rings. The summed E-state index contributed by atoms with van der Waals surface area (Å²) in [4.78, 5) is 21.1. The van der Waals surface area contributed by atoms with Gasteiger partial charge in [-0.1, -0.05) is 37.3 Å². The Morgan fingerprint density at radius 3 is 2.77 bits per heavy atom. The number of anilines is 1. The van der Waals surface area contributed by atoms with Gasteiger partial charge in [0.2, 0.25) is 0 Å². The van der Waals surface area contributed by atoms with Gasteiger partial charge in [0, 0.05) is 29.1 Å². The van der Waals surface area contributed by atoms with Gasteiger partial charge in [0.05, 0.1) is 11.3 Å². The van der Waals surface area contributed by atoms with E-state index in [9.17, 15) is 9.90 Å². The fourth-order valence-electron chi connectivity index (χ4n) is 5.57. The Bertz CT molecular complexity index is 1180. The molecule has 5 rings (SSSR count). The third-order valence-electron chi connectivity index (χ3n) is 7.42. The number of nitrogen functional groups attached to an aromatic ring is 1. The van der Waals surface area contributed by atoms with Crippen LogP contribution in [0.25, 0.3) is 10.8 Å². The lowest BCUT2D eigenvalue weighted by atomic mass is 9.73. The number of carbonyl (C=O) groups excluding carboxylic acids is 1. The monoisotopic (exact) mass is 514 g/mol. The number of rotatable bonds is 8. The summed E-state index contributed by atoms with van der Waals surface area (Å²) >= 11 is 1.62. The van der Waals surface area contributed by atoms with E-state index in [1.54, 1.807) is 11.3 Å². The van der Waals surface area contributed by atoms with E-state index in [0.717, 1.165) is 56.0 Å². The van der Waals surface area contributed by atoms with Crippen LogP contribution >= 0.6 is 23.7 Å². The summed E-state index contributed by atoms with van der Waals surface area (Å²) < 4.78 is 0. The Morgan fingerprint density at radius 1 is 1.23 bits per heavy atom. The molecule has 6 nitrogen and oxygen atoms in total. The summed E-state index contributed by atoms with van der Waals surface area (Å²) in [5.41, 5.74) is 7.08. The number of nitrogens with zero attached hydrogens (tertiary/aromatic N) is 2. The molecule has 1 aromatic heterocycles. The van der Waals surface area contributed by atoms with Crippen LogP contribution in [0.4, 0.5) is 5.13 Å². The topological polar surface area (TPSA) is 91.5 Å². The maximum absolute atomic E-state index is 12.7. The highest BCUT2D eigenvalue weighted by Gasteiger charge is 2.43. The van der Waals surface area contributed by atoms with Crippen molar-refractivity contribution in [3.05, 3.63) is 58.6 Å². The number of halogens is 1. The molecule has 1 fully saturated rings. The van der Waals surface area contributed by atoms with Crippen molar-refractivity contribution in [3.8, 4) is 0 Å². The van der Waals surface area contributed by atoms with Crippen molar-refractivity contribution in [1.29, 1.82) is 0 Å². The molecule has 1 saturated carbocycles. The fraction of sp³-hybridized carbons (Fsp3) is 0.481. The number of nitrogens with two attached hydrogens (primary N) is 1. The lowest BCUT2D eigenvalue weighted by molar-refractivity contribution is -0.0671. The van der Waals surface area contributed by atoms with Gasteiger partial charge in [-0.15, -0.1) is 23.7 Å². The number of fused-ring (bicyclic) bond motifs is 2. The van der Waals surface area contributed by atoms with Gasteiger partial charge in [0.15, 0.2) is 5.13 Å². The van der Waals surface area contributed by atoms with E-state index in [0.29, 0.717) is 29.6 Å². The number of aliphatic hydroxyl groups is 1. The van der Waals surface area contributed by atoms with Crippen molar-refractivity contribution in [2.75, 3.05) is 18.8 Å². The average molecular weight is 515 g/mol. The van der Waals surface area contributed by atoms with Crippen LogP contribution in [-0.4, -0.2) is 51.7 Å². The molecule has 2 aliphatic carbocycles. The predicted octanol–water partition coefficient (Wildman–Crippen LogP) is 4.58. The third-order valence-corrected chi connectivity index (χ3v) is 8.37. The average Bonchev–Trinajstić information content (AvgIpc) is 3.19. The molecule has 1 atom stereocenters. The second-order valence-electron chi connectivity index (χ2n) is 9.97. The van der Waals surface area contributed by atoms with Crippen LogP contribution in [0.5, 0.6) is 0 Å². The highest BCUT2D eigenvalue weighted by molar-refractivity contribution is 7.15. The fourth-order valence-corrected chi connectivity index (χ4v) is 6.52. The number of thiazole rings is 1. The van der Waals surface area contributed by atoms with Gasteiger partial charge in [-0.25, -0.2) is 4.98 Å². The minimum Gasteiger partial charge on any atom is -0.390 e. The third kappa shape index (κ3) is 5.80. The van der Waals surface area contributed by atoms with Crippen LogP contribution < -0.4 is 11.1 Å². The quantitative estimate of drug-likeness (QED) is 0.409. The first-order valence-corrected chi connectivity index (χ1v) is 13.2. The van der Waals surface area contributed by atoms with Crippen LogP contribution in [0.2, 0.25) is 0 Å². The Balaban J connectivity index is 0.00000289. The number of aryl methyl sites for hydroxylation is 1. The minimum absolute atomic E-state index is 0. The molecule has 0 spiro atoms. The first-order valence-electron chi connectivity index (χ1n) is 12.4. The van der Waals surface area contributed by atoms with Gasteiger partial charge in [-0.05, 0) is 74.4 Å². The van der Waals surface area contributed by atoms with Crippen LogP contribution in [0.3, 0.4) is 0 Å². The van der Waals surface area contributed by atoms with Gasteiger partial charge in [0.25, 0.3) is 5.91 Å². The van der Waals surface area contributed by atoms with E-state index in [-0.39, 0.29) is 24.4 Å². The van der Waals surface area contributed by atoms with E-state index in [1.165, 1.54) is 10.6 Å². The number of carbonyl (C=O) groups is 1. The molecule has 1 amide bonds. The second kappa shape index (κ2) is 10.8. The molecule has 188 valence electrons. The van der Waals surface area contributed by atoms with Crippen molar-refractivity contribution < 1.29 is 9.90 Å². The van der Waals surface area contributed by atoms with E-state index < -0.39 is 5.60 Å².